The molecular formula is C13H16N2O5. The standard InChI is InChI=1S/C13H16N2O5/c1-20-7-8-3-2-4-9(5-8)12(17)15-10(13(18)19)6-11(14)16/h2-5,10H,6-7H2,1H3,(H2,14,16)(H,15,17)(H,18,19)/t10-/m0/s1. The molecule has 20 heavy (non-hydrogen) atoms. The third kappa shape index (κ3) is 4.69. The Kier molecular flexibility index (Phi) is 5.67. The number of hydrogen-bond donors (Lipinski definition) is 3. The predicted molar refractivity (Wildman–Crippen MR) is 69.9 cm³/mol. The van der Waals surface area contributed by atoms with Gasteiger partial charge in [-0.15, -0.1) is 0 Å². The average Bonchev–Trinajstić information content (AvgIpc) is 2.38. The van der Waals surface area contributed by atoms with Crippen molar-refractivity contribution in [3.8, 4) is 0 Å². The fraction of sp³-hybridized carbons (Fsp3) is 0.308. The number of carboxylic acids is 1. The van der Waals surface area contributed by atoms with E-state index in [1.54, 1.807) is 18.2 Å². The van der Waals surface area contributed by atoms with Crippen molar-refractivity contribution in [2.24, 2.45) is 5.73 Å². The molecule has 0 spiro atoms. The van der Waals surface area contributed by atoms with Crippen LogP contribution < -0.4 is 11.1 Å². The second-order valence-corrected chi connectivity index (χ2v) is 4.17. The minimum atomic E-state index is -1.34. The third-order valence-electron chi connectivity index (χ3n) is 2.51. The molecule has 0 heterocycles. The highest BCUT2D eigenvalue weighted by Crippen LogP contribution is 2.07. The Balaban J connectivity index is 2.80. The van der Waals surface area contributed by atoms with Crippen molar-refractivity contribution in [1.82, 2.24) is 5.32 Å². The summed E-state index contributed by atoms with van der Waals surface area (Å²) in [5, 5.41) is 11.2. The predicted octanol–water partition coefficient (Wildman–Crippen LogP) is -0.109. The number of hydrogen-bond acceptors (Lipinski definition) is 4. The van der Waals surface area contributed by atoms with E-state index in [4.69, 9.17) is 15.6 Å². The summed E-state index contributed by atoms with van der Waals surface area (Å²) in [4.78, 5) is 33.6. The summed E-state index contributed by atoms with van der Waals surface area (Å²) in [5.41, 5.74) is 6.01. The third-order valence-corrected chi connectivity index (χ3v) is 2.51. The lowest BCUT2D eigenvalue weighted by molar-refractivity contribution is -0.140. The van der Waals surface area contributed by atoms with Gasteiger partial charge in [0, 0.05) is 12.7 Å². The number of ether oxygens (including phenoxy) is 1. The van der Waals surface area contributed by atoms with Gasteiger partial charge < -0.3 is 20.9 Å². The number of primary amides is 1. The van der Waals surface area contributed by atoms with E-state index < -0.39 is 30.2 Å². The number of nitrogens with two attached hydrogens (primary N) is 1. The van der Waals surface area contributed by atoms with Gasteiger partial charge in [-0.3, -0.25) is 9.59 Å². The number of methoxy groups -OCH3 is 1. The molecule has 0 saturated heterocycles. The van der Waals surface area contributed by atoms with Crippen LogP contribution in [0.2, 0.25) is 0 Å². The molecule has 0 aliphatic rings. The molecule has 1 aromatic rings. The second kappa shape index (κ2) is 7.25. The number of carbonyl (C=O) groups is 3. The van der Waals surface area contributed by atoms with Gasteiger partial charge in [0.15, 0.2) is 0 Å². The molecule has 0 unspecified atom stereocenters. The molecular weight excluding hydrogens is 264 g/mol. The topological polar surface area (TPSA) is 119 Å². The molecule has 1 atom stereocenters. The number of carbonyl (C=O) groups excluding carboxylic acids is 2. The first kappa shape index (κ1) is 15.6. The number of rotatable bonds is 7. The summed E-state index contributed by atoms with van der Waals surface area (Å²) < 4.78 is 4.95. The number of amides is 2. The maximum absolute atomic E-state index is 11.9. The van der Waals surface area contributed by atoms with E-state index in [1.807, 2.05) is 0 Å². The molecule has 7 nitrogen and oxygen atoms in total. The lowest BCUT2D eigenvalue weighted by Gasteiger charge is -2.13. The van der Waals surface area contributed by atoms with Gasteiger partial charge in [-0.05, 0) is 17.7 Å². The van der Waals surface area contributed by atoms with Crippen molar-refractivity contribution in [3.05, 3.63) is 35.4 Å². The minimum Gasteiger partial charge on any atom is -0.480 e. The number of benzene rings is 1. The summed E-state index contributed by atoms with van der Waals surface area (Å²) in [5.74, 6) is -2.70. The van der Waals surface area contributed by atoms with E-state index in [9.17, 15) is 14.4 Å². The van der Waals surface area contributed by atoms with Gasteiger partial charge in [0.2, 0.25) is 5.91 Å². The van der Waals surface area contributed by atoms with Crippen LogP contribution in [0.4, 0.5) is 0 Å². The van der Waals surface area contributed by atoms with Crippen LogP contribution in [0.3, 0.4) is 0 Å². The minimum absolute atomic E-state index is 0.287. The van der Waals surface area contributed by atoms with Crippen LogP contribution in [0, 0.1) is 0 Å². The molecule has 7 heteroatoms. The highest BCUT2D eigenvalue weighted by Gasteiger charge is 2.22. The Morgan fingerprint density at radius 2 is 2.10 bits per heavy atom. The monoisotopic (exact) mass is 280 g/mol. The van der Waals surface area contributed by atoms with Crippen LogP contribution >= 0.6 is 0 Å². The summed E-state index contributed by atoms with van der Waals surface area (Å²) in [6, 6.07) is 5.22. The van der Waals surface area contributed by atoms with Crippen LogP contribution in [-0.4, -0.2) is 36.0 Å². The van der Waals surface area contributed by atoms with Crippen LogP contribution in [0.25, 0.3) is 0 Å². The molecule has 1 rings (SSSR count). The van der Waals surface area contributed by atoms with E-state index in [2.05, 4.69) is 5.32 Å². The molecule has 1 aromatic carbocycles. The SMILES string of the molecule is COCc1cccc(C(=O)N[C@@H](CC(N)=O)C(=O)O)c1. The van der Waals surface area contributed by atoms with Crippen LogP contribution in [0.5, 0.6) is 0 Å². The molecule has 0 aromatic heterocycles. The number of aliphatic carboxylic acids is 1. The fourth-order valence-corrected chi connectivity index (χ4v) is 1.61. The molecule has 0 radical (unpaired) electrons. The van der Waals surface area contributed by atoms with Gasteiger partial charge in [-0.25, -0.2) is 4.79 Å². The zero-order valence-corrected chi connectivity index (χ0v) is 11.0. The number of nitrogens with one attached hydrogen (secondary N) is 1. The molecule has 0 saturated carbocycles. The second-order valence-electron chi connectivity index (χ2n) is 4.17. The van der Waals surface area contributed by atoms with Crippen molar-refractivity contribution in [2.75, 3.05) is 7.11 Å². The quantitative estimate of drug-likeness (QED) is 0.644. The van der Waals surface area contributed by atoms with Gasteiger partial charge in [-0.2, -0.15) is 0 Å². The Labute approximate surface area is 115 Å². The number of carboxylic acid groups (broad SMARTS) is 1. The largest absolute Gasteiger partial charge is 0.480 e. The Morgan fingerprint density at radius 1 is 1.40 bits per heavy atom. The molecule has 4 N–H and O–H groups in total. The van der Waals surface area contributed by atoms with Crippen LogP contribution in [0.15, 0.2) is 24.3 Å². The highest BCUT2D eigenvalue weighted by atomic mass is 16.5. The summed E-state index contributed by atoms with van der Waals surface area (Å²) in [6.45, 7) is 0.338. The zero-order chi connectivity index (χ0) is 15.1. The first-order valence-electron chi connectivity index (χ1n) is 5.84. The molecule has 2 amide bonds. The van der Waals surface area contributed by atoms with Crippen LogP contribution in [0.1, 0.15) is 22.3 Å². The maximum atomic E-state index is 11.9. The van der Waals surface area contributed by atoms with E-state index >= 15 is 0 Å². The van der Waals surface area contributed by atoms with Gasteiger partial charge >= 0.3 is 5.97 Å². The van der Waals surface area contributed by atoms with Crippen molar-refractivity contribution in [2.45, 2.75) is 19.1 Å². The average molecular weight is 280 g/mol. The first-order valence-corrected chi connectivity index (χ1v) is 5.84. The van der Waals surface area contributed by atoms with Crippen molar-refractivity contribution >= 4 is 17.8 Å². The lowest BCUT2D eigenvalue weighted by atomic mass is 10.1. The fourth-order valence-electron chi connectivity index (χ4n) is 1.61. The summed E-state index contributed by atoms with van der Waals surface area (Å²) in [6.07, 6.45) is -0.459. The van der Waals surface area contributed by atoms with E-state index in [1.165, 1.54) is 13.2 Å². The zero-order valence-electron chi connectivity index (χ0n) is 11.0. The van der Waals surface area contributed by atoms with E-state index in [-0.39, 0.29) is 5.56 Å². The Hall–Kier alpha value is -2.41. The Morgan fingerprint density at radius 3 is 2.65 bits per heavy atom. The summed E-state index contributed by atoms with van der Waals surface area (Å²) in [7, 11) is 1.53. The molecule has 0 bridgehead atoms. The maximum Gasteiger partial charge on any atom is 0.326 e. The van der Waals surface area contributed by atoms with Crippen molar-refractivity contribution in [1.29, 1.82) is 0 Å². The van der Waals surface area contributed by atoms with E-state index in [0.717, 1.165) is 5.56 Å². The molecule has 108 valence electrons. The van der Waals surface area contributed by atoms with Crippen molar-refractivity contribution < 1.29 is 24.2 Å². The highest BCUT2D eigenvalue weighted by molar-refractivity contribution is 5.97. The van der Waals surface area contributed by atoms with Gasteiger partial charge in [0.05, 0.1) is 13.0 Å². The lowest BCUT2D eigenvalue weighted by Crippen LogP contribution is -2.43. The van der Waals surface area contributed by atoms with Gasteiger partial charge in [-0.1, -0.05) is 12.1 Å². The summed E-state index contributed by atoms with van der Waals surface area (Å²) >= 11 is 0. The van der Waals surface area contributed by atoms with Gasteiger partial charge in [0.25, 0.3) is 5.91 Å². The Bertz CT molecular complexity index is 515. The van der Waals surface area contributed by atoms with Crippen molar-refractivity contribution in [3.63, 3.8) is 0 Å². The van der Waals surface area contributed by atoms with Gasteiger partial charge in [0.1, 0.15) is 6.04 Å². The van der Waals surface area contributed by atoms with Crippen LogP contribution in [-0.2, 0) is 20.9 Å². The molecule has 0 aliphatic carbocycles. The van der Waals surface area contributed by atoms with E-state index in [0.29, 0.717) is 6.61 Å². The smallest absolute Gasteiger partial charge is 0.326 e. The first-order chi connectivity index (χ1) is 9.43. The normalized spacial score (nSPS) is 11.7. The molecule has 0 aliphatic heterocycles. The molecule has 0 fully saturated rings.